The number of piperidine rings is 1. The minimum absolute atomic E-state index is 0.0229. The fourth-order valence-corrected chi connectivity index (χ4v) is 5.82. The molecule has 0 radical (unpaired) electrons. The van der Waals surface area contributed by atoms with Crippen LogP contribution in [0.3, 0.4) is 0 Å². The summed E-state index contributed by atoms with van der Waals surface area (Å²) >= 11 is 0. The minimum atomic E-state index is 0.0229. The Morgan fingerprint density at radius 3 is 2.90 bits per heavy atom. The van der Waals surface area contributed by atoms with E-state index in [0.717, 1.165) is 49.1 Å². The third kappa shape index (κ3) is 4.14. The fourth-order valence-electron chi connectivity index (χ4n) is 5.82. The average molecular weight is 423 g/mol. The van der Waals surface area contributed by atoms with Gasteiger partial charge in [-0.05, 0) is 76.0 Å². The van der Waals surface area contributed by atoms with E-state index in [4.69, 9.17) is 4.52 Å². The van der Waals surface area contributed by atoms with E-state index >= 15 is 0 Å². The van der Waals surface area contributed by atoms with Gasteiger partial charge in [-0.3, -0.25) is 9.78 Å². The SMILES string of the molecule is CCc1cc([C@]23C[C@H]2CN(CC[C@H]2CC[C@H](NC(=O)c4cccnc4C)CC2)C3)no1. The second-order valence-electron chi connectivity index (χ2n) is 9.94. The van der Waals surface area contributed by atoms with Gasteiger partial charge in [-0.2, -0.15) is 0 Å². The first-order chi connectivity index (χ1) is 15.1. The summed E-state index contributed by atoms with van der Waals surface area (Å²) in [4.78, 5) is 19.4. The zero-order chi connectivity index (χ0) is 21.4. The molecule has 1 N–H and O–H groups in total. The van der Waals surface area contributed by atoms with Crippen molar-refractivity contribution in [1.82, 2.24) is 20.4 Å². The molecule has 3 heterocycles. The van der Waals surface area contributed by atoms with Crippen LogP contribution in [0.1, 0.15) is 73.0 Å². The average Bonchev–Trinajstić information content (AvgIpc) is 3.14. The van der Waals surface area contributed by atoms with Crippen LogP contribution in [0.4, 0.5) is 0 Å². The van der Waals surface area contributed by atoms with Crippen molar-refractivity contribution >= 4 is 5.91 Å². The van der Waals surface area contributed by atoms with Crippen molar-refractivity contribution in [3.8, 4) is 0 Å². The number of hydrogen-bond donors (Lipinski definition) is 1. The predicted molar refractivity (Wildman–Crippen MR) is 119 cm³/mol. The first kappa shape index (κ1) is 20.7. The van der Waals surface area contributed by atoms with Gasteiger partial charge in [0.1, 0.15) is 5.76 Å². The Hall–Kier alpha value is -2.21. The number of nitrogens with one attached hydrogen (secondary N) is 1. The number of carbonyl (C=O) groups excluding carboxylic acids is 1. The first-order valence-corrected chi connectivity index (χ1v) is 12.0. The number of aryl methyl sites for hydroxylation is 2. The first-order valence-electron chi connectivity index (χ1n) is 12.0. The van der Waals surface area contributed by atoms with Gasteiger partial charge in [0, 0.05) is 48.9 Å². The summed E-state index contributed by atoms with van der Waals surface area (Å²) in [5, 5.41) is 7.62. The van der Waals surface area contributed by atoms with E-state index in [1.165, 1.54) is 44.5 Å². The van der Waals surface area contributed by atoms with Crippen molar-refractivity contribution in [3.63, 3.8) is 0 Å². The smallest absolute Gasteiger partial charge is 0.253 e. The van der Waals surface area contributed by atoms with Gasteiger partial charge in [-0.25, -0.2) is 0 Å². The van der Waals surface area contributed by atoms with Crippen LogP contribution in [-0.4, -0.2) is 46.6 Å². The molecular weight excluding hydrogens is 388 g/mol. The van der Waals surface area contributed by atoms with Gasteiger partial charge < -0.3 is 14.7 Å². The zero-order valence-electron chi connectivity index (χ0n) is 18.8. The molecule has 6 nitrogen and oxygen atoms in total. The number of nitrogens with zero attached hydrogens (tertiary/aromatic N) is 3. The number of likely N-dealkylation sites (tertiary alicyclic amines) is 1. The van der Waals surface area contributed by atoms with Crippen molar-refractivity contribution in [1.29, 1.82) is 0 Å². The molecule has 0 unspecified atom stereocenters. The highest BCUT2D eigenvalue weighted by atomic mass is 16.5. The molecule has 2 aliphatic carbocycles. The van der Waals surface area contributed by atoms with Gasteiger partial charge in [-0.15, -0.1) is 0 Å². The largest absolute Gasteiger partial charge is 0.361 e. The Morgan fingerprint density at radius 1 is 1.32 bits per heavy atom. The van der Waals surface area contributed by atoms with E-state index in [-0.39, 0.29) is 11.3 Å². The van der Waals surface area contributed by atoms with E-state index in [1.807, 2.05) is 19.1 Å². The minimum Gasteiger partial charge on any atom is -0.361 e. The molecule has 166 valence electrons. The number of amides is 1. The quantitative estimate of drug-likeness (QED) is 0.733. The second kappa shape index (κ2) is 8.38. The Bertz CT molecular complexity index is 933. The van der Waals surface area contributed by atoms with Crippen molar-refractivity contribution in [2.24, 2.45) is 11.8 Å². The van der Waals surface area contributed by atoms with Crippen LogP contribution in [0.2, 0.25) is 0 Å². The summed E-state index contributed by atoms with van der Waals surface area (Å²) in [5.41, 5.74) is 2.97. The Balaban J connectivity index is 1.05. The topological polar surface area (TPSA) is 71.3 Å². The number of fused-ring (bicyclic) bond motifs is 1. The molecule has 31 heavy (non-hydrogen) atoms. The summed E-state index contributed by atoms with van der Waals surface area (Å²) in [7, 11) is 0. The molecule has 2 aromatic rings. The Kier molecular flexibility index (Phi) is 5.59. The molecule has 2 aromatic heterocycles. The molecule has 0 bridgehead atoms. The third-order valence-corrected chi connectivity index (χ3v) is 7.92. The highest BCUT2D eigenvalue weighted by Gasteiger charge is 2.62. The van der Waals surface area contributed by atoms with Crippen LogP contribution in [0.15, 0.2) is 28.9 Å². The van der Waals surface area contributed by atoms with Crippen molar-refractivity contribution < 1.29 is 9.32 Å². The van der Waals surface area contributed by atoms with E-state index in [9.17, 15) is 4.79 Å². The zero-order valence-corrected chi connectivity index (χ0v) is 18.8. The number of pyridine rings is 1. The highest BCUT2D eigenvalue weighted by Crippen LogP contribution is 2.58. The van der Waals surface area contributed by atoms with Crippen LogP contribution in [-0.2, 0) is 11.8 Å². The second-order valence-corrected chi connectivity index (χ2v) is 9.94. The molecule has 2 atom stereocenters. The van der Waals surface area contributed by atoms with Gasteiger partial charge in [-0.1, -0.05) is 12.1 Å². The number of rotatable bonds is 7. The Labute approximate surface area is 184 Å². The third-order valence-electron chi connectivity index (χ3n) is 7.92. The standard InChI is InChI=1S/C25H34N4O2/c1-3-21-13-23(28-31-21)25-14-19(25)15-29(16-25)12-10-18-6-8-20(9-7-18)27-24(30)22-5-4-11-26-17(22)2/h4-5,11,13,18-20H,3,6-10,12,14-16H2,1-2H3,(H,27,30)/t18-,19-,20-,25-/m0/s1. The predicted octanol–water partition coefficient (Wildman–Crippen LogP) is 3.89. The van der Waals surface area contributed by atoms with Gasteiger partial charge in [0.25, 0.3) is 5.91 Å². The normalized spacial score (nSPS) is 30.2. The molecule has 5 rings (SSSR count). The van der Waals surface area contributed by atoms with Crippen molar-refractivity contribution in [3.05, 3.63) is 47.1 Å². The van der Waals surface area contributed by atoms with Gasteiger partial charge in [0.15, 0.2) is 0 Å². The lowest BCUT2D eigenvalue weighted by molar-refractivity contribution is 0.0919. The lowest BCUT2D eigenvalue weighted by atomic mass is 9.84. The molecule has 3 aliphatic rings. The Morgan fingerprint density at radius 2 is 2.16 bits per heavy atom. The summed E-state index contributed by atoms with van der Waals surface area (Å²) in [5.74, 6) is 2.58. The maximum absolute atomic E-state index is 12.5. The molecule has 3 fully saturated rings. The van der Waals surface area contributed by atoms with Crippen molar-refractivity contribution in [2.45, 2.75) is 70.3 Å². The summed E-state index contributed by atoms with van der Waals surface area (Å²) in [6.45, 7) is 7.55. The van der Waals surface area contributed by atoms with E-state index in [0.29, 0.717) is 11.6 Å². The van der Waals surface area contributed by atoms with E-state index in [2.05, 4.69) is 33.3 Å². The van der Waals surface area contributed by atoms with Crippen LogP contribution in [0.25, 0.3) is 0 Å². The monoisotopic (exact) mass is 422 g/mol. The maximum atomic E-state index is 12.5. The molecule has 6 heteroatoms. The summed E-state index contributed by atoms with van der Waals surface area (Å²) in [6.07, 6.45) is 9.79. The van der Waals surface area contributed by atoms with Gasteiger partial charge in [0.2, 0.25) is 0 Å². The molecule has 1 aliphatic heterocycles. The van der Waals surface area contributed by atoms with Crippen LogP contribution < -0.4 is 5.32 Å². The summed E-state index contributed by atoms with van der Waals surface area (Å²) in [6, 6.07) is 6.17. The number of aromatic nitrogens is 2. The maximum Gasteiger partial charge on any atom is 0.253 e. The lowest BCUT2D eigenvalue weighted by Crippen LogP contribution is -2.38. The highest BCUT2D eigenvalue weighted by molar-refractivity contribution is 5.95. The number of hydrogen-bond acceptors (Lipinski definition) is 5. The molecule has 2 saturated carbocycles. The molecule has 0 spiro atoms. The summed E-state index contributed by atoms with van der Waals surface area (Å²) < 4.78 is 5.48. The van der Waals surface area contributed by atoms with Crippen molar-refractivity contribution in [2.75, 3.05) is 19.6 Å². The van der Waals surface area contributed by atoms with E-state index in [1.54, 1.807) is 6.20 Å². The molecule has 0 aromatic carbocycles. The lowest BCUT2D eigenvalue weighted by Gasteiger charge is -2.30. The fraction of sp³-hybridized carbons (Fsp3) is 0.640. The van der Waals surface area contributed by atoms with Crippen LogP contribution in [0, 0.1) is 18.8 Å². The van der Waals surface area contributed by atoms with Crippen LogP contribution >= 0.6 is 0 Å². The molecular formula is C25H34N4O2. The van der Waals surface area contributed by atoms with Crippen LogP contribution in [0.5, 0.6) is 0 Å². The molecule has 1 amide bonds. The van der Waals surface area contributed by atoms with E-state index < -0.39 is 0 Å². The number of carbonyl (C=O) groups is 1. The molecule has 1 saturated heterocycles. The van der Waals surface area contributed by atoms with Gasteiger partial charge >= 0.3 is 0 Å². The van der Waals surface area contributed by atoms with Gasteiger partial charge in [0.05, 0.1) is 11.3 Å².